The molecular formula is C15H22O. The maximum absolute atomic E-state index is 10.5. The molecule has 1 heteroatoms. The Balaban J connectivity index is 1.50. The Morgan fingerprint density at radius 2 is 1.88 bits per heavy atom. The third-order valence-electron chi connectivity index (χ3n) is 5.87. The number of aliphatic hydroxyl groups excluding tert-OH is 1. The first kappa shape index (κ1) is 9.70. The first-order valence-corrected chi connectivity index (χ1v) is 7.23. The molecule has 5 unspecified atom stereocenters. The molecule has 0 saturated heterocycles. The van der Waals surface area contributed by atoms with E-state index in [1.54, 1.807) is 0 Å². The van der Waals surface area contributed by atoms with Crippen molar-refractivity contribution < 1.29 is 5.11 Å². The third-order valence-corrected chi connectivity index (χ3v) is 5.87. The highest BCUT2D eigenvalue weighted by Crippen LogP contribution is 2.70. The van der Waals surface area contributed by atoms with Gasteiger partial charge in [0.1, 0.15) is 0 Å². The molecule has 16 heavy (non-hydrogen) atoms. The molecule has 2 bridgehead atoms. The van der Waals surface area contributed by atoms with Gasteiger partial charge in [-0.1, -0.05) is 6.08 Å². The molecule has 3 saturated carbocycles. The van der Waals surface area contributed by atoms with Gasteiger partial charge in [-0.05, 0) is 80.1 Å². The Hall–Kier alpha value is -0.300. The molecule has 1 nitrogen and oxygen atoms in total. The fourth-order valence-electron chi connectivity index (χ4n) is 5.19. The van der Waals surface area contributed by atoms with Crippen molar-refractivity contribution >= 4 is 0 Å². The van der Waals surface area contributed by atoms with Crippen LogP contribution in [0.2, 0.25) is 0 Å². The van der Waals surface area contributed by atoms with Gasteiger partial charge in [0, 0.05) is 0 Å². The van der Waals surface area contributed by atoms with E-state index in [-0.39, 0.29) is 6.10 Å². The zero-order chi connectivity index (χ0) is 10.7. The van der Waals surface area contributed by atoms with Gasteiger partial charge in [-0.15, -0.1) is 0 Å². The molecule has 0 aliphatic heterocycles. The average molecular weight is 218 g/mol. The molecule has 5 atom stereocenters. The van der Waals surface area contributed by atoms with Gasteiger partial charge in [-0.3, -0.25) is 0 Å². The summed E-state index contributed by atoms with van der Waals surface area (Å²) in [7, 11) is 0. The molecule has 0 aromatic heterocycles. The van der Waals surface area contributed by atoms with Gasteiger partial charge >= 0.3 is 0 Å². The van der Waals surface area contributed by atoms with E-state index in [0.717, 1.165) is 23.7 Å². The first-order chi connectivity index (χ1) is 7.86. The van der Waals surface area contributed by atoms with E-state index in [9.17, 15) is 5.11 Å². The molecule has 0 spiro atoms. The second kappa shape index (κ2) is 3.35. The molecule has 4 aliphatic carbocycles. The smallest absolute Gasteiger partial charge is 0.0783 e. The van der Waals surface area contributed by atoms with Crippen LogP contribution in [0.4, 0.5) is 0 Å². The minimum Gasteiger partial charge on any atom is -0.388 e. The second-order valence-electron chi connectivity index (χ2n) is 6.53. The molecule has 88 valence electrons. The Morgan fingerprint density at radius 1 is 1.12 bits per heavy atom. The molecule has 4 rings (SSSR count). The van der Waals surface area contributed by atoms with Crippen LogP contribution in [0.25, 0.3) is 0 Å². The predicted molar refractivity (Wildman–Crippen MR) is 63.9 cm³/mol. The molecule has 0 amide bonds. The van der Waals surface area contributed by atoms with Crippen LogP contribution in [0, 0.1) is 29.6 Å². The zero-order valence-electron chi connectivity index (χ0n) is 9.94. The van der Waals surface area contributed by atoms with Gasteiger partial charge in [0.15, 0.2) is 0 Å². The van der Waals surface area contributed by atoms with Gasteiger partial charge < -0.3 is 5.11 Å². The van der Waals surface area contributed by atoms with Crippen molar-refractivity contribution in [2.45, 2.75) is 51.0 Å². The van der Waals surface area contributed by atoms with Crippen molar-refractivity contribution in [3.05, 3.63) is 11.6 Å². The zero-order valence-corrected chi connectivity index (χ0v) is 9.94. The van der Waals surface area contributed by atoms with Crippen molar-refractivity contribution in [2.24, 2.45) is 29.6 Å². The SMILES string of the molecule is OC(C1=CCCCC1)C1C2C3CCC(C3)C21. The van der Waals surface area contributed by atoms with Crippen molar-refractivity contribution in [2.75, 3.05) is 0 Å². The van der Waals surface area contributed by atoms with Gasteiger partial charge in [0.2, 0.25) is 0 Å². The molecular weight excluding hydrogens is 196 g/mol. The number of hydrogen-bond donors (Lipinski definition) is 1. The maximum Gasteiger partial charge on any atom is 0.0783 e. The summed E-state index contributed by atoms with van der Waals surface area (Å²) in [4.78, 5) is 0. The van der Waals surface area contributed by atoms with Gasteiger partial charge in [-0.25, -0.2) is 0 Å². The van der Waals surface area contributed by atoms with Crippen LogP contribution in [-0.2, 0) is 0 Å². The Bertz CT molecular complexity index is 316. The molecule has 0 aromatic carbocycles. The van der Waals surface area contributed by atoms with E-state index in [1.807, 2.05) is 0 Å². The average Bonchev–Trinajstić information content (AvgIpc) is 2.77. The van der Waals surface area contributed by atoms with E-state index in [2.05, 4.69) is 6.08 Å². The van der Waals surface area contributed by atoms with Crippen molar-refractivity contribution in [3.8, 4) is 0 Å². The Kier molecular flexibility index (Phi) is 2.03. The largest absolute Gasteiger partial charge is 0.388 e. The lowest BCUT2D eigenvalue weighted by Gasteiger charge is -2.21. The summed E-state index contributed by atoms with van der Waals surface area (Å²) in [6, 6.07) is 0. The lowest BCUT2D eigenvalue weighted by Crippen LogP contribution is -2.19. The van der Waals surface area contributed by atoms with Crippen LogP contribution in [0.15, 0.2) is 11.6 Å². The minimum absolute atomic E-state index is 0.0568. The molecule has 1 N–H and O–H groups in total. The van der Waals surface area contributed by atoms with Crippen LogP contribution in [0.5, 0.6) is 0 Å². The Labute approximate surface area is 97.9 Å². The van der Waals surface area contributed by atoms with Crippen LogP contribution in [0.1, 0.15) is 44.9 Å². The Morgan fingerprint density at radius 3 is 2.50 bits per heavy atom. The second-order valence-corrected chi connectivity index (χ2v) is 6.53. The molecule has 0 radical (unpaired) electrons. The summed E-state index contributed by atoms with van der Waals surface area (Å²) in [5, 5.41) is 10.5. The monoisotopic (exact) mass is 218 g/mol. The summed E-state index contributed by atoms with van der Waals surface area (Å²) >= 11 is 0. The predicted octanol–water partition coefficient (Wildman–Crippen LogP) is 3.14. The van der Waals surface area contributed by atoms with Gasteiger partial charge in [-0.2, -0.15) is 0 Å². The van der Waals surface area contributed by atoms with Crippen molar-refractivity contribution in [1.82, 2.24) is 0 Å². The number of rotatable bonds is 2. The summed E-state index contributed by atoms with van der Waals surface area (Å²) < 4.78 is 0. The summed E-state index contributed by atoms with van der Waals surface area (Å²) in [6.45, 7) is 0. The van der Waals surface area contributed by atoms with Crippen molar-refractivity contribution in [3.63, 3.8) is 0 Å². The third kappa shape index (κ3) is 1.21. The number of aliphatic hydroxyl groups is 1. The number of fused-ring (bicyclic) bond motifs is 5. The standard InChI is InChI=1S/C15H22O/c16-15(9-4-2-1-3-5-9)14-12-10-6-7-11(8-10)13(12)14/h4,10-16H,1-3,5-8H2. The summed E-state index contributed by atoms with van der Waals surface area (Å²) in [5.74, 6) is 4.53. The molecule has 4 aliphatic rings. The first-order valence-electron chi connectivity index (χ1n) is 7.23. The number of allylic oxidation sites excluding steroid dienone is 1. The van der Waals surface area contributed by atoms with Crippen LogP contribution in [-0.4, -0.2) is 11.2 Å². The summed E-state index contributed by atoms with van der Waals surface area (Å²) in [6.07, 6.45) is 11.7. The minimum atomic E-state index is -0.0568. The van der Waals surface area contributed by atoms with E-state index in [4.69, 9.17) is 0 Å². The lowest BCUT2D eigenvalue weighted by atomic mass is 9.89. The highest BCUT2D eigenvalue weighted by atomic mass is 16.3. The molecule has 0 aromatic rings. The molecule has 3 fully saturated rings. The van der Waals surface area contributed by atoms with Gasteiger partial charge in [0.05, 0.1) is 6.10 Å². The normalized spacial score (nSPS) is 51.1. The molecule has 0 heterocycles. The quantitative estimate of drug-likeness (QED) is 0.706. The van der Waals surface area contributed by atoms with Crippen LogP contribution >= 0.6 is 0 Å². The summed E-state index contributed by atoms with van der Waals surface area (Å²) in [5.41, 5.74) is 1.39. The fraction of sp³-hybridized carbons (Fsp3) is 0.867. The number of hydrogen-bond acceptors (Lipinski definition) is 1. The lowest BCUT2D eigenvalue weighted by molar-refractivity contribution is 0.156. The highest BCUT2D eigenvalue weighted by molar-refractivity contribution is 5.22. The van der Waals surface area contributed by atoms with Gasteiger partial charge in [0.25, 0.3) is 0 Å². The van der Waals surface area contributed by atoms with Crippen molar-refractivity contribution in [1.29, 1.82) is 0 Å². The highest BCUT2D eigenvalue weighted by Gasteiger charge is 2.66. The van der Waals surface area contributed by atoms with E-state index < -0.39 is 0 Å². The van der Waals surface area contributed by atoms with E-state index >= 15 is 0 Å². The fourth-order valence-corrected chi connectivity index (χ4v) is 5.19. The van der Waals surface area contributed by atoms with Crippen LogP contribution < -0.4 is 0 Å². The van der Waals surface area contributed by atoms with E-state index in [1.165, 1.54) is 50.5 Å². The topological polar surface area (TPSA) is 20.2 Å². The van der Waals surface area contributed by atoms with E-state index in [0.29, 0.717) is 5.92 Å². The van der Waals surface area contributed by atoms with Crippen LogP contribution in [0.3, 0.4) is 0 Å². The maximum atomic E-state index is 10.5.